The van der Waals surface area contributed by atoms with Gasteiger partial charge in [-0.3, -0.25) is 4.79 Å². The standard InChI is InChI=1S/C16H25NO2/c1-10-9-13(11(2)12(3)14(10)19-6)15(18)16(4,5)7-8-17/h9H,7-8,17H2,1-6H3. The van der Waals surface area contributed by atoms with Crippen LogP contribution in [0.1, 0.15) is 47.3 Å². The number of hydrogen-bond donors (Lipinski definition) is 1. The Morgan fingerprint density at radius 2 is 1.84 bits per heavy atom. The lowest BCUT2D eigenvalue weighted by atomic mass is 9.79. The van der Waals surface area contributed by atoms with Gasteiger partial charge in [0.2, 0.25) is 0 Å². The smallest absolute Gasteiger partial charge is 0.168 e. The van der Waals surface area contributed by atoms with E-state index in [0.717, 1.165) is 28.0 Å². The van der Waals surface area contributed by atoms with Crippen molar-refractivity contribution < 1.29 is 9.53 Å². The van der Waals surface area contributed by atoms with E-state index in [9.17, 15) is 4.79 Å². The van der Waals surface area contributed by atoms with Crippen LogP contribution in [0, 0.1) is 26.2 Å². The van der Waals surface area contributed by atoms with Crippen LogP contribution in [0.15, 0.2) is 6.07 Å². The summed E-state index contributed by atoms with van der Waals surface area (Å²) in [7, 11) is 1.66. The van der Waals surface area contributed by atoms with E-state index in [2.05, 4.69) is 0 Å². The van der Waals surface area contributed by atoms with Crippen LogP contribution in [-0.2, 0) is 0 Å². The van der Waals surface area contributed by atoms with Gasteiger partial charge in [-0.15, -0.1) is 0 Å². The largest absolute Gasteiger partial charge is 0.496 e. The highest BCUT2D eigenvalue weighted by Crippen LogP contribution is 2.33. The fourth-order valence-corrected chi connectivity index (χ4v) is 2.45. The van der Waals surface area contributed by atoms with Gasteiger partial charge >= 0.3 is 0 Å². The normalized spacial score (nSPS) is 11.5. The molecule has 0 radical (unpaired) electrons. The van der Waals surface area contributed by atoms with Crippen LogP contribution in [-0.4, -0.2) is 19.4 Å². The summed E-state index contributed by atoms with van der Waals surface area (Å²) in [6.07, 6.45) is 0.690. The van der Waals surface area contributed by atoms with Crippen molar-refractivity contribution in [2.45, 2.75) is 41.0 Å². The number of ketones is 1. The van der Waals surface area contributed by atoms with Crippen molar-refractivity contribution in [2.75, 3.05) is 13.7 Å². The van der Waals surface area contributed by atoms with Gasteiger partial charge in [-0.2, -0.15) is 0 Å². The molecule has 0 aliphatic heterocycles. The van der Waals surface area contributed by atoms with Gasteiger partial charge in [0, 0.05) is 11.0 Å². The second-order valence-electron chi connectivity index (χ2n) is 5.78. The SMILES string of the molecule is COc1c(C)cc(C(=O)C(C)(C)CCN)c(C)c1C. The van der Waals surface area contributed by atoms with E-state index in [-0.39, 0.29) is 5.78 Å². The Hall–Kier alpha value is -1.35. The van der Waals surface area contributed by atoms with E-state index in [0.29, 0.717) is 13.0 Å². The average molecular weight is 263 g/mol. The molecule has 0 heterocycles. The van der Waals surface area contributed by atoms with Crippen LogP contribution in [0.2, 0.25) is 0 Å². The number of aryl methyl sites for hydroxylation is 1. The van der Waals surface area contributed by atoms with E-state index in [1.807, 2.05) is 40.7 Å². The molecule has 2 N–H and O–H groups in total. The zero-order valence-electron chi connectivity index (χ0n) is 12.9. The van der Waals surface area contributed by atoms with Gasteiger partial charge in [-0.05, 0) is 56.5 Å². The molecule has 0 bridgehead atoms. The first-order chi connectivity index (χ1) is 8.76. The third-order valence-corrected chi connectivity index (χ3v) is 3.86. The minimum absolute atomic E-state index is 0.157. The number of benzene rings is 1. The number of rotatable bonds is 5. The Kier molecular flexibility index (Phi) is 4.75. The minimum Gasteiger partial charge on any atom is -0.496 e. The van der Waals surface area contributed by atoms with Gasteiger partial charge in [0.15, 0.2) is 5.78 Å². The highest BCUT2D eigenvalue weighted by molar-refractivity contribution is 6.02. The summed E-state index contributed by atoms with van der Waals surface area (Å²) in [6, 6.07) is 1.93. The lowest BCUT2D eigenvalue weighted by Crippen LogP contribution is -2.28. The number of carbonyl (C=O) groups is 1. The van der Waals surface area contributed by atoms with Gasteiger partial charge in [0.25, 0.3) is 0 Å². The van der Waals surface area contributed by atoms with Crippen molar-refractivity contribution in [1.29, 1.82) is 0 Å². The van der Waals surface area contributed by atoms with Gasteiger partial charge in [-0.25, -0.2) is 0 Å². The maximum Gasteiger partial charge on any atom is 0.168 e. The number of hydrogen-bond acceptors (Lipinski definition) is 3. The van der Waals surface area contributed by atoms with Crippen molar-refractivity contribution >= 4 is 5.78 Å². The van der Waals surface area contributed by atoms with E-state index in [1.54, 1.807) is 7.11 Å². The summed E-state index contributed by atoms with van der Waals surface area (Å²) in [5.41, 5.74) is 9.00. The molecule has 0 amide bonds. The van der Waals surface area contributed by atoms with Crippen LogP contribution in [0.5, 0.6) is 5.75 Å². The molecular weight excluding hydrogens is 238 g/mol. The molecule has 106 valence electrons. The van der Waals surface area contributed by atoms with Crippen LogP contribution in [0.3, 0.4) is 0 Å². The number of carbonyl (C=O) groups excluding carboxylic acids is 1. The van der Waals surface area contributed by atoms with Gasteiger partial charge in [0.1, 0.15) is 5.75 Å². The van der Waals surface area contributed by atoms with Crippen LogP contribution in [0.25, 0.3) is 0 Å². The zero-order chi connectivity index (χ0) is 14.8. The molecule has 1 aromatic rings. The Morgan fingerprint density at radius 3 is 2.32 bits per heavy atom. The van der Waals surface area contributed by atoms with Crippen LogP contribution in [0.4, 0.5) is 0 Å². The van der Waals surface area contributed by atoms with Crippen molar-refractivity contribution in [3.05, 3.63) is 28.3 Å². The molecular formula is C16H25NO2. The van der Waals surface area contributed by atoms with E-state index >= 15 is 0 Å². The maximum atomic E-state index is 12.7. The Bertz CT molecular complexity index is 490. The van der Waals surface area contributed by atoms with Crippen LogP contribution < -0.4 is 10.5 Å². The molecule has 0 spiro atoms. The molecule has 0 saturated heterocycles. The number of ether oxygens (including phenoxy) is 1. The summed E-state index contributed by atoms with van der Waals surface area (Å²) in [5, 5.41) is 0. The van der Waals surface area contributed by atoms with E-state index < -0.39 is 5.41 Å². The summed E-state index contributed by atoms with van der Waals surface area (Å²) >= 11 is 0. The maximum absolute atomic E-state index is 12.7. The summed E-state index contributed by atoms with van der Waals surface area (Å²) in [5.74, 6) is 1.02. The zero-order valence-corrected chi connectivity index (χ0v) is 12.9. The fourth-order valence-electron chi connectivity index (χ4n) is 2.45. The number of nitrogens with two attached hydrogens (primary N) is 1. The first kappa shape index (κ1) is 15.7. The number of Topliss-reactive ketones (excluding diaryl/α,β-unsaturated/α-hetero) is 1. The van der Waals surface area contributed by atoms with Gasteiger partial charge < -0.3 is 10.5 Å². The quantitative estimate of drug-likeness (QED) is 0.830. The molecule has 0 unspecified atom stereocenters. The summed E-state index contributed by atoms with van der Waals surface area (Å²) in [6.45, 7) is 10.4. The average Bonchev–Trinajstić information content (AvgIpc) is 2.33. The van der Waals surface area contributed by atoms with Crippen LogP contribution >= 0.6 is 0 Å². The lowest BCUT2D eigenvalue weighted by molar-refractivity contribution is 0.0828. The third-order valence-electron chi connectivity index (χ3n) is 3.86. The van der Waals surface area contributed by atoms with Gasteiger partial charge in [0.05, 0.1) is 7.11 Å². The van der Waals surface area contributed by atoms with Crippen molar-refractivity contribution in [1.82, 2.24) is 0 Å². The second-order valence-corrected chi connectivity index (χ2v) is 5.78. The molecule has 0 fully saturated rings. The van der Waals surface area contributed by atoms with Crippen molar-refractivity contribution in [2.24, 2.45) is 11.1 Å². The molecule has 0 atom stereocenters. The molecule has 0 aromatic heterocycles. The van der Waals surface area contributed by atoms with Crippen molar-refractivity contribution in [3.63, 3.8) is 0 Å². The highest BCUT2D eigenvalue weighted by atomic mass is 16.5. The molecule has 1 rings (SSSR count). The summed E-state index contributed by atoms with van der Waals surface area (Å²) < 4.78 is 5.39. The molecule has 3 heteroatoms. The predicted octanol–water partition coefficient (Wildman–Crippen LogP) is 3.18. The molecule has 19 heavy (non-hydrogen) atoms. The molecule has 3 nitrogen and oxygen atoms in total. The number of methoxy groups -OCH3 is 1. The second kappa shape index (κ2) is 5.74. The Morgan fingerprint density at radius 1 is 1.26 bits per heavy atom. The lowest BCUT2D eigenvalue weighted by Gasteiger charge is -2.24. The molecule has 0 saturated carbocycles. The Labute approximate surface area is 116 Å². The fraction of sp³-hybridized carbons (Fsp3) is 0.562. The first-order valence-corrected chi connectivity index (χ1v) is 6.66. The summed E-state index contributed by atoms with van der Waals surface area (Å²) in [4.78, 5) is 12.7. The monoisotopic (exact) mass is 263 g/mol. The molecule has 0 aliphatic rings. The third kappa shape index (κ3) is 2.98. The van der Waals surface area contributed by atoms with Gasteiger partial charge in [-0.1, -0.05) is 13.8 Å². The highest BCUT2D eigenvalue weighted by Gasteiger charge is 2.29. The topological polar surface area (TPSA) is 52.3 Å². The predicted molar refractivity (Wildman–Crippen MR) is 79.0 cm³/mol. The first-order valence-electron chi connectivity index (χ1n) is 6.66. The minimum atomic E-state index is -0.424. The molecule has 0 aliphatic carbocycles. The Balaban J connectivity index is 3.33. The molecule has 1 aromatic carbocycles. The van der Waals surface area contributed by atoms with E-state index in [1.165, 1.54) is 0 Å². The van der Waals surface area contributed by atoms with Crippen molar-refractivity contribution in [3.8, 4) is 5.75 Å². The van der Waals surface area contributed by atoms with E-state index in [4.69, 9.17) is 10.5 Å².